The van der Waals surface area contributed by atoms with Gasteiger partial charge in [-0.3, -0.25) is 44.0 Å². The van der Waals surface area contributed by atoms with Crippen LogP contribution in [0.4, 0.5) is 16.0 Å². The molecule has 1 saturated heterocycles. The quantitative estimate of drug-likeness (QED) is 0.0797. The van der Waals surface area contributed by atoms with Crippen molar-refractivity contribution in [2.45, 2.75) is 25.4 Å². The number of amides is 6. The number of fused-ring (bicyclic) bond motifs is 4. The van der Waals surface area contributed by atoms with Crippen LogP contribution in [-0.4, -0.2) is 109 Å². The van der Waals surface area contributed by atoms with Gasteiger partial charge in [-0.1, -0.05) is 29.8 Å². The Bertz CT molecular complexity index is 2840. The summed E-state index contributed by atoms with van der Waals surface area (Å²) in [6.07, 6.45) is 1.63. The molecule has 4 aromatic carbocycles. The standard InChI is InChI=1S/C46H40ClFN8O10/c1-63-33-7-4-6-31(48)39(33)41-30-19-25(47)9-11-27(30)40-24(21-51-41)22-52-46(55-40)53-26-10-12-28(35(20-26)64-2)42(59)50-16-18-65-17-15-49-37(58)23-66-34-8-3-5-29-38(34)45(62)56(44(29)61)32-13-14-36(57)54-43(32)60/h3-12,19-20,22,32H,13-18,21,23H2,1-2H3,(H,49,58)(H,50,59)(H,52,53,55)(H,54,57,60). The van der Waals surface area contributed by atoms with Crippen LogP contribution in [0, 0.1) is 5.82 Å². The minimum absolute atomic E-state index is 0.00142. The molecule has 0 bridgehead atoms. The van der Waals surface area contributed by atoms with Crippen molar-refractivity contribution in [3.63, 3.8) is 0 Å². The van der Waals surface area contributed by atoms with Gasteiger partial charge in [-0.2, -0.15) is 0 Å². The molecule has 20 heteroatoms. The van der Waals surface area contributed by atoms with E-state index < -0.39 is 53.9 Å². The van der Waals surface area contributed by atoms with E-state index in [1.807, 2.05) is 0 Å². The summed E-state index contributed by atoms with van der Waals surface area (Å²) in [7, 11) is 2.90. The van der Waals surface area contributed by atoms with Crippen LogP contribution in [0.5, 0.6) is 17.2 Å². The molecule has 1 aromatic heterocycles. The molecule has 1 atom stereocenters. The fraction of sp³-hybridized carbons (Fsp3) is 0.239. The Hall–Kier alpha value is -7.77. The van der Waals surface area contributed by atoms with Crippen molar-refractivity contribution >= 4 is 64.4 Å². The SMILES string of the molecule is COc1cc(Nc2ncc3c(n2)-c2ccc(Cl)cc2C(c2c(F)cccc2OC)=NC3)ccc1C(=O)NCCOCCNC(=O)COc1cccc2c1C(=O)N(C1CCC(=O)NC1=O)C2=O. The first kappa shape index (κ1) is 44.8. The fourth-order valence-corrected chi connectivity index (χ4v) is 7.86. The molecule has 4 N–H and O–H groups in total. The molecule has 0 aliphatic carbocycles. The lowest BCUT2D eigenvalue weighted by atomic mass is 9.94. The Balaban J connectivity index is 0.807. The van der Waals surface area contributed by atoms with Gasteiger partial charge in [-0.05, 0) is 55.0 Å². The number of nitrogens with one attached hydrogen (secondary N) is 4. The van der Waals surface area contributed by atoms with Gasteiger partial charge in [-0.15, -0.1) is 0 Å². The van der Waals surface area contributed by atoms with Crippen LogP contribution in [-0.2, 0) is 25.7 Å². The minimum Gasteiger partial charge on any atom is -0.496 e. The summed E-state index contributed by atoms with van der Waals surface area (Å²) in [5, 5.41) is 11.2. The molecule has 0 saturated carbocycles. The topological polar surface area (TPSA) is 229 Å². The van der Waals surface area contributed by atoms with Gasteiger partial charge in [-0.25, -0.2) is 14.4 Å². The zero-order valence-corrected chi connectivity index (χ0v) is 36.1. The van der Waals surface area contributed by atoms with Crippen molar-refractivity contribution in [3.8, 4) is 28.5 Å². The summed E-state index contributed by atoms with van der Waals surface area (Å²) in [6.45, 7) is 0.177. The number of carbonyl (C=O) groups is 6. The van der Waals surface area contributed by atoms with Crippen molar-refractivity contribution in [1.29, 1.82) is 0 Å². The Kier molecular flexibility index (Phi) is 13.3. The van der Waals surface area contributed by atoms with Crippen molar-refractivity contribution in [1.82, 2.24) is 30.8 Å². The molecule has 66 heavy (non-hydrogen) atoms. The average molecular weight is 919 g/mol. The van der Waals surface area contributed by atoms with Gasteiger partial charge in [0.05, 0.1) is 67.6 Å². The lowest BCUT2D eigenvalue weighted by Gasteiger charge is -2.27. The third-order valence-corrected chi connectivity index (χ3v) is 11.0. The highest BCUT2D eigenvalue weighted by atomic mass is 35.5. The molecule has 5 aromatic rings. The number of halogens is 2. The highest BCUT2D eigenvalue weighted by Gasteiger charge is 2.46. The van der Waals surface area contributed by atoms with E-state index >= 15 is 4.39 Å². The number of piperidine rings is 1. The molecule has 1 unspecified atom stereocenters. The molecule has 3 aliphatic heterocycles. The van der Waals surface area contributed by atoms with Crippen molar-refractivity contribution in [3.05, 3.63) is 123 Å². The van der Waals surface area contributed by atoms with Crippen molar-refractivity contribution < 1.29 is 52.1 Å². The second-order valence-corrected chi connectivity index (χ2v) is 15.3. The lowest BCUT2D eigenvalue weighted by Crippen LogP contribution is -2.54. The maximum atomic E-state index is 15.3. The number of methoxy groups -OCH3 is 2. The molecular formula is C46H40ClFN8O10. The summed E-state index contributed by atoms with van der Waals surface area (Å²) in [6, 6.07) is 17.9. The number of rotatable bonds is 16. The second kappa shape index (κ2) is 19.5. The number of benzene rings is 4. The van der Waals surface area contributed by atoms with Crippen LogP contribution in [0.25, 0.3) is 11.3 Å². The number of aromatic nitrogens is 2. The van der Waals surface area contributed by atoms with Crippen LogP contribution in [0.1, 0.15) is 60.6 Å². The normalized spacial score (nSPS) is 15.1. The van der Waals surface area contributed by atoms with E-state index in [0.29, 0.717) is 44.6 Å². The van der Waals surface area contributed by atoms with Gasteiger partial charge >= 0.3 is 0 Å². The van der Waals surface area contributed by atoms with E-state index in [0.717, 1.165) is 4.90 Å². The number of anilines is 2. The molecular weight excluding hydrogens is 879 g/mol. The molecule has 0 spiro atoms. The Morgan fingerprint density at radius 1 is 0.864 bits per heavy atom. The lowest BCUT2D eigenvalue weighted by molar-refractivity contribution is -0.136. The zero-order valence-electron chi connectivity index (χ0n) is 35.4. The number of imide groups is 2. The molecule has 338 valence electrons. The minimum atomic E-state index is -1.14. The largest absolute Gasteiger partial charge is 0.496 e. The summed E-state index contributed by atoms with van der Waals surface area (Å²) >= 11 is 6.44. The first-order chi connectivity index (χ1) is 31.9. The Labute approximate surface area is 380 Å². The summed E-state index contributed by atoms with van der Waals surface area (Å²) in [4.78, 5) is 90.8. The van der Waals surface area contributed by atoms with Crippen molar-refractivity contribution in [2.75, 3.05) is 52.4 Å². The first-order valence-electron chi connectivity index (χ1n) is 20.5. The van der Waals surface area contributed by atoms with Crippen LogP contribution in [0.15, 0.2) is 84.0 Å². The van der Waals surface area contributed by atoms with Crippen LogP contribution < -0.4 is 35.5 Å². The number of nitrogens with zero attached hydrogens (tertiary/aromatic N) is 4. The molecule has 3 aliphatic rings. The Morgan fingerprint density at radius 2 is 1.64 bits per heavy atom. The van der Waals surface area contributed by atoms with Gasteiger partial charge in [0, 0.05) is 59.2 Å². The highest BCUT2D eigenvalue weighted by molar-refractivity contribution is 6.32. The fourth-order valence-electron chi connectivity index (χ4n) is 7.68. The van der Waals surface area contributed by atoms with Crippen LogP contribution in [0.3, 0.4) is 0 Å². The number of carbonyl (C=O) groups excluding carboxylic acids is 6. The first-order valence-corrected chi connectivity index (χ1v) is 20.9. The monoisotopic (exact) mass is 918 g/mol. The average Bonchev–Trinajstić information content (AvgIpc) is 3.46. The van der Waals surface area contributed by atoms with Gasteiger partial charge in [0.2, 0.25) is 17.8 Å². The molecule has 18 nitrogen and oxygen atoms in total. The van der Waals surface area contributed by atoms with E-state index in [1.54, 1.807) is 54.7 Å². The van der Waals surface area contributed by atoms with E-state index in [2.05, 4.69) is 26.3 Å². The van der Waals surface area contributed by atoms with Gasteiger partial charge in [0.15, 0.2) is 6.61 Å². The molecule has 1 fully saturated rings. The van der Waals surface area contributed by atoms with E-state index in [-0.39, 0.29) is 85.4 Å². The number of hydrogen-bond acceptors (Lipinski definition) is 14. The van der Waals surface area contributed by atoms with Gasteiger partial charge < -0.3 is 34.9 Å². The molecule has 4 heterocycles. The van der Waals surface area contributed by atoms with Gasteiger partial charge in [0.25, 0.3) is 23.6 Å². The predicted octanol–water partition coefficient (Wildman–Crippen LogP) is 4.39. The highest BCUT2D eigenvalue weighted by Crippen LogP contribution is 2.37. The van der Waals surface area contributed by atoms with Crippen LogP contribution in [0.2, 0.25) is 5.02 Å². The number of hydrogen-bond donors (Lipinski definition) is 4. The number of aliphatic imine (C=N–C) groups is 1. The third kappa shape index (κ3) is 9.24. The maximum Gasteiger partial charge on any atom is 0.266 e. The third-order valence-electron chi connectivity index (χ3n) is 10.8. The van der Waals surface area contributed by atoms with Crippen molar-refractivity contribution in [2.24, 2.45) is 4.99 Å². The summed E-state index contributed by atoms with van der Waals surface area (Å²) in [5.41, 5.74) is 3.83. The Morgan fingerprint density at radius 3 is 2.42 bits per heavy atom. The molecule has 6 amide bonds. The maximum absolute atomic E-state index is 15.3. The summed E-state index contributed by atoms with van der Waals surface area (Å²) in [5.74, 6) is -3.26. The zero-order chi connectivity index (χ0) is 46.5. The van der Waals surface area contributed by atoms with E-state index in [9.17, 15) is 28.8 Å². The van der Waals surface area contributed by atoms with Crippen LogP contribution >= 0.6 is 11.6 Å². The van der Waals surface area contributed by atoms with Gasteiger partial charge in [0.1, 0.15) is 29.1 Å². The van der Waals surface area contributed by atoms with E-state index in [1.165, 1.54) is 38.5 Å². The summed E-state index contributed by atoms with van der Waals surface area (Å²) < 4.78 is 37.5. The molecule has 0 radical (unpaired) electrons. The smallest absolute Gasteiger partial charge is 0.266 e. The number of ether oxygens (including phenoxy) is 4. The van der Waals surface area contributed by atoms with E-state index in [4.69, 9.17) is 40.5 Å². The predicted molar refractivity (Wildman–Crippen MR) is 236 cm³/mol. The molecule has 8 rings (SSSR count). The second-order valence-electron chi connectivity index (χ2n) is 14.9.